The van der Waals surface area contributed by atoms with E-state index in [1.807, 2.05) is 30.3 Å². The van der Waals surface area contributed by atoms with E-state index in [2.05, 4.69) is 0 Å². The Bertz CT molecular complexity index is 1380. The average Bonchev–Trinajstić information content (AvgIpc) is 3.29. The molecule has 2 aliphatic rings. The number of aromatic hydroxyl groups is 1. The molecule has 3 heterocycles. The maximum atomic E-state index is 13.0. The molecule has 0 saturated carbocycles. The zero-order valence-corrected chi connectivity index (χ0v) is 20.0. The zero-order chi connectivity index (χ0) is 25.9. The first-order valence-electron chi connectivity index (χ1n) is 12.1. The maximum absolute atomic E-state index is 13.0. The van der Waals surface area contributed by atoms with Gasteiger partial charge in [-0.25, -0.2) is 14.4 Å². The van der Waals surface area contributed by atoms with E-state index in [4.69, 9.17) is 13.9 Å². The highest BCUT2D eigenvalue weighted by Gasteiger charge is 2.44. The van der Waals surface area contributed by atoms with Crippen LogP contribution in [0.4, 0.5) is 4.79 Å². The molecular formula is C27H26N2O8. The molecule has 1 atom stereocenters. The number of amides is 2. The van der Waals surface area contributed by atoms with Crippen molar-refractivity contribution in [3.63, 3.8) is 0 Å². The van der Waals surface area contributed by atoms with Gasteiger partial charge in [-0.05, 0) is 36.1 Å². The van der Waals surface area contributed by atoms with Crippen LogP contribution in [0.15, 0.2) is 63.8 Å². The molecule has 5 rings (SSSR count). The highest BCUT2D eigenvalue weighted by Crippen LogP contribution is 2.26. The third kappa shape index (κ3) is 5.28. The van der Waals surface area contributed by atoms with E-state index < -0.39 is 23.7 Å². The highest BCUT2D eigenvalue weighted by atomic mass is 16.6. The minimum Gasteiger partial charge on any atom is -0.508 e. The van der Waals surface area contributed by atoms with E-state index in [0.717, 1.165) is 5.56 Å². The van der Waals surface area contributed by atoms with Gasteiger partial charge in [0.15, 0.2) is 6.04 Å². The van der Waals surface area contributed by atoms with Crippen molar-refractivity contribution >= 4 is 28.9 Å². The molecular weight excluding hydrogens is 480 g/mol. The number of rotatable bonds is 6. The predicted octanol–water partition coefficient (Wildman–Crippen LogP) is 2.60. The molecule has 2 aromatic carbocycles. The van der Waals surface area contributed by atoms with Crippen molar-refractivity contribution in [1.82, 2.24) is 9.80 Å². The van der Waals surface area contributed by atoms with E-state index in [-0.39, 0.29) is 42.9 Å². The number of fused-ring (bicyclic) bond motifs is 1. The fourth-order valence-electron chi connectivity index (χ4n) is 4.88. The maximum Gasteiger partial charge on any atom is 0.410 e. The lowest BCUT2D eigenvalue weighted by molar-refractivity contribution is -0.150. The fourth-order valence-corrected chi connectivity index (χ4v) is 4.88. The van der Waals surface area contributed by atoms with Gasteiger partial charge < -0.3 is 23.9 Å². The molecule has 37 heavy (non-hydrogen) atoms. The topological polar surface area (TPSA) is 127 Å². The predicted molar refractivity (Wildman–Crippen MR) is 131 cm³/mol. The summed E-state index contributed by atoms with van der Waals surface area (Å²) in [5.74, 6) is -0.723. The number of carbonyl (C=O) groups is 3. The van der Waals surface area contributed by atoms with Gasteiger partial charge >= 0.3 is 17.7 Å². The molecule has 1 aromatic heterocycles. The second-order valence-electron chi connectivity index (χ2n) is 9.15. The number of likely N-dealkylation sites (tertiary alicyclic amines) is 1. The molecule has 192 valence electrons. The van der Waals surface area contributed by atoms with E-state index >= 15 is 0 Å². The Labute approximate surface area is 212 Å². The van der Waals surface area contributed by atoms with Gasteiger partial charge in [-0.15, -0.1) is 0 Å². The van der Waals surface area contributed by atoms with Crippen LogP contribution in [0.3, 0.4) is 0 Å². The Kier molecular flexibility index (Phi) is 6.80. The van der Waals surface area contributed by atoms with Crippen LogP contribution in [-0.2, 0) is 32.1 Å². The average molecular weight is 507 g/mol. The summed E-state index contributed by atoms with van der Waals surface area (Å²) in [6, 6.07) is 13.9. The molecule has 2 saturated heterocycles. The molecule has 2 amide bonds. The minimum absolute atomic E-state index is 0.00225. The monoisotopic (exact) mass is 506 g/mol. The van der Waals surface area contributed by atoms with Gasteiger partial charge in [0.2, 0.25) is 5.91 Å². The number of cyclic esters (lactones) is 1. The number of hydrogen-bond donors (Lipinski definition) is 1. The van der Waals surface area contributed by atoms with Gasteiger partial charge in [0, 0.05) is 36.7 Å². The van der Waals surface area contributed by atoms with Gasteiger partial charge in [0.25, 0.3) is 0 Å². The number of phenols is 1. The molecule has 0 bridgehead atoms. The normalized spacial score (nSPS) is 18.2. The first kappa shape index (κ1) is 24.4. The highest BCUT2D eigenvalue weighted by molar-refractivity contribution is 5.88. The van der Waals surface area contributed by atoms with E-state index in [9.17, 15) is 24.3 Å². The Balaban J connectivity index is 1.20. The Morgan fingerprint density at radius 3 is 2.54 bits per heavy atom. The van der Waals surface area contributed by atoms with Gasteiger partial charge in [0.05, 0.1) is 6.42 Å². The molecule has 0 radical (unpaired) electrons. The summed E-state index contributed by atoms with van der Waals surface area (Å²) in [6.45, 7) is 0.820. The van der Waals surface area contributed by atoms with Crippen LogP contribution >= 0.6 is 0 Å². The first-order chi connectivity index (χ1) is 17.9. The SMILES string of the molecule is O=C(OCc1ccccc1)C1COC(=O)N1C1CCN(C(=O)Cc2cc(=O)oc3cc(O)ccc23)CC1. The van der Waals surface area contributed by atoms with Gasteiger partial charge in [-0.2, -0.15) is 0 Å². The number of benzene rings is 2. The summed E-state index contributed by atoms with van der Waals surface area (Å²) in [7, 11) is 0. The smallest absolute Gasteiger partial charge is 0.410 e. The van der Waals surface area contributed by atoms with Crippen LogP contribution in [0.25, 0.3) is 11.0 Å². The lowest BCUT2D eigenvalue weighted by atomic mass is 10.0. The lowest BCUT2D eigenvalue weighted by Gasteiger charge is -2.37. The molecule has 0 aliphatic carbocycles. The lowest BCUT2D eigenvalue weighted by Crippen LogP contribution is -2.52. The Morgan fingerprint density at radius 2 is 1.78 bits per heavy atom. The summed E-state index contributed by atoms with van der Waals surface area (Å²) in [5.41, 5.74) is 0.979. The van der Waals surface area contributed by atoms with Crippen molar-refractivity contribution in [1.29, 1.82) is 0 Å². The molecule has 3 aromatic rings. The molecule has 10 heteroatoms. The molecule has 0 spiro atoms. The Hall–Kier alpha value is -4.34. The number of piperidine rings is 1. The van der Waals surface area contributed by atoms with Crippen molar-refractivity contribution in [3.05, 3.63) is 76.1 Å². The summed E-state index contributed by atoms with van der Waals surface area (Å²) in [6.07, 6.45) is 0.402. The zero-order valence-electron chi connectivity index (χ0n) is 20.0. The van der Waals surface area contributed by atoms with Crippen LogP contribution in [-0.4, -0.2) is 64.7 Å². The summed E-state index contributed by atoms with van der Waals surface area (Å²) in [5, 5.41) is 10.2. The second kappa shape index (κ2) is 10.3. The number of ether oxygens (including phenoxy) is 2. The van der Waals surface area contributed by atoms with E-state index in [1.165, 1.54) is 23.1 Å². The van der Waals surface area contributed by atoms with Crippen molar-refractivity contribution in [2.24, 2.45) is 0 Å². The number of esters is 1. The van der Waals surface area contributed by atoms with Crippen molar-refractivity contribution in [3.8, 4) is 5.75 Å². The fraction of sp³-hybridized carbons (Fsp3) is 0.333. The molecule has 1 unspecified atom stereocenters. The van der Waals surface area contributed by atoms with E-state index in [0.29, 0.717) is 36.9 Å². The Morgan fingerprint density at radius 1 is 1.03 bits per heavy atom. The minimum atomic E-state index is -0.824. The standard InChI is InChI=1S/C27H26N2O8/c30-20-6-7-21-18(13-25(32)37-23(21)14-20)12-24(31)28-10-8-19(9-11-28)29-22(16-36-27(29)34)26(33)35-15-17-4-2-1-3-5-17/h1-7,13-14,19,22,30H,8-12,15-16H2. The van der Waals surface area contributed by atoms with Crippen molar-refractivity contribution in [2.75, 3.05) is 19.7 Å². The first-order valence-corrected chi connectivity index (χ1v) is 12.1. The number of carbonyl (C=O) groups excluding carboxylic acids is 3. The molecule has 10 nitrogen and oxygen atoms in total. The summed E-state index contributed by atoms with van der Waals surface area (Å²) < 4.78 is 15.7. The van der Waals surface area contributed by atoms with Crippen LogP contribution in [0.2, 0.25) is 0 Å². The van der Waals surface area contributed by atoms with Crippen LogP contribution in [0.1, 0.15) is 24.0 Å². The van der Waals surface area contributed by atoms with Gasteiger partial charge in [-0.1, -0.05) is 30.3 Å². The van der Waals surface area contributed by atoms with E-state index in [1.54, 1.807) is 11.0 Å². The summed E-state index contributed by atoms with van der Waals surface area (Å²) >= 11 is 0. The van der Waals surface area contributed by atoms with Crippen LogP contribution in [0, 0.1) is 0 Å². The van der Waals surface area contributed by atoms with Crippen molar-refractivity contribution in [2.45, 2.75) is 38.0 Å². The van der Waals surface area contributed by atoms with Crippen LogP contribution < -0.4 is 5.63 Å². The molecule has 2 fully saturated rings. The summed E-state index contributed by atoms with van der Waals surface area (Å²) in [4.78, 5) is 53.3. The number of phenolic OH excluding ortho intramolecular Hbond substituents is 1. The molecule has 2 aliphatic heterocycles. The third-order valence-electron chi connectivity index (χ3n) is 6.77. The third-order valence-corrected chi connectivity index (χ3v) is 6.77. The molecule has 1 N–H and O–H groups in total. The second-order valence-corrected chi connectivity index (χ2v) is 9.15. The quantitative estimate of drug-likeness (QED) is 0.399. The van der Waals surface area contributed by atoms with Gasteiger partial charge in [-0.3, -0.25) is 9.69 Å². The van der Waals surface area contributed by atoms with Crippen LogP contribution in [0.5, 0.6) is 5.75 Å². The number of nitrogens with zero attached hydrogens (tertiary/aromatic N) is 2. The van der Waals surface area contributed by atoms with Gasteiger partial charge in [0.1, 0.15) is 24.5 Å². The van der Waals surface area contributed by atoms with Crippen molar-refractivity contribution < 1.29 is 33.4 Å². The largest absolute Gasteiger partial charge is 0.508 e. The number of hydrogen-bond acceptors (Lipinski definition) is 8.